The molecule has 0 spiro atoms. The maximum atomic E-state index is 12.6. The summed E-state index contributed by atoms with van der Waals surface area (Å²) in [6, 6.07) is 21.6. The van der Waals surface area contributed by atoms with Crippen LogP contribution in [-0.2, 0) is 10.0 Å². The zero-order valence-electron chi connectivity index (χ0n) is 14.2. The van der Waals surface area contributed by atoms with Crippen LogP contribution >= 0.6 is 11.6 Å². The molecule has 3 aromatic carbocycles. The summed E-state index contributed by atoms with van der Waals surface area (Å²) >= 11 is 6.19. The third-order valence-corrected chi connectivity index (χ3v) is 5.66. The molecule has 0 radical (unpaired) electrons. The molecule has 26 heavy (non-hydrogen) atoms. The number of nitrogens with one attached hydrogen (secondary N) is 1. The van der Waals surface area contributed by atoms with Gasteiger partial charge in [0.05, 0.1) is 15.6 Å². The summed E-state index contributed by atoms with van der Waals surface area (Å²) < 4.78 is 27.8. The molecule has 0 bridgehead atoms. The second kappa shape index (κ2) is 7.36. The van der Waals surface area contributed by atoms with Gasteiger partial charge in [-0.15, -0.1) is 0 Å². The first-order valence-electron chi connectivity index (χ1n) is 8.00. The van der Waals surface area contributed by atoms with E-state index in [0.717, 1.165) is 22.3 Å². The fourth-order valence-corrected chi connectivity index (χ4v) is 3.99. The normalized spacial score (nSPS) is 11.2. The summed E-state index contributed by atoms with van der Waals surface area (Å²) in [4.78, 5) is 0.192. The van der Waals surface area contributed by atoms with E-state index in [1.165, 1.54) is 0 Å². The van der Waals surface area contributed by atoms with E-state index < -0.39 is 10.0 Å². The Hall–Kier alpha value is -2.56. The van der Waals surface area contributed by atoms with Crippen molar-refractivity contribution in [3.8, 4) is 11.1 Å². The van der Waals surface area contributed by atoms with Crippen molar-refractivity contribution in [1.82, 2.24) is 0 Å². The number of hydrogen-bond acceptors (Lipinski definition) is 2. The molecule has 5 heteroatoms. The van der Waals surface area contributed by atoms with Crippen LogP contribution < -0.4 is 4.72 Å². The molecular weight excluding hydrogens is 366 g/mol. The number of allylic oxidation sites excluding steroid dienone is 1. The van der Waals surface area contributed by atoms with Gasteiger partial charge in [0.1, 0.15) is 0 Å². The van der Waals surface area contributed by atoms with E-state index in [4.69, 9.17) is 11.6 Å². The highest BCUT2D eigenvalue weighted by atomic mass is 35.5. The zero-order valence-corrected chi connectivity index (χ0v) is 15.8. The second-order valence-corrected chi connectivity index (χ2v) is 8.06. The van der Waals surface area contributed by atoms with Crippen LogP contribution in [-0.4, -0.2) is 8.42 Å². The molecule has 0 heterocycles. The molecule has 0 aliphatic carbocycles. The molecule has 3 aromatic rings. The Kier molecular flexibility index (Phi) is 5.16. The van der Waals surface area contributed by atoms with Crippen LogP contribution in [0.2, 0.25) is 5.02 Å². The summed E-state index contributed by atoms with van der Waals surface area (Å²) in [6.45, 7) is 5.69. The van der Waals surface area contributed by atoms with Gasteiger partial charge in [0.2, 0.25) is 0 Å². The van der Waals surface area contributed by atoms with Crippen molar-refractivity contribution < 1.29 is 8.42 Å². The van der Waals surface area contributed by atoms with Crippen LogP contribution in [0, 0.1) is 0 Å². The summed E-state index contributed by atoms with van der Waals surface area (Å²) in [5, 5.41) is 0.456. The molecule has 132 valence electrons. The van der Waals surface area contributed by atoms with Crippen molar-refractivity contribution in [3.63, 3.8) is 0 Å². The summed E-state index contributed by atoms with van der Waals surface area (Å²) in [7, 11) is -3.69. The SMILES string of the molecule is C=C(C)c1ccc(NS(=O)(=O)c2ccc(-c3ccccc3)cc2)cc1Cl. The molecule has 0 amide bonds. The lowest BCUT2D eigenvalue weighted by Gasteiger charge is -2.11. The number of rotatable bonds is 5. The Morgan fingerprint density at radius 2 is 1.54 bits per heavy atom. The lowest BCUT2D eigenvalue weighted by atomic mass is 10.1. The van der Waals surface area contributed by atoms with Gasteiger partial charge in [-0.3, -0.25) is 4.72 Å². The monoisotopic (exact) mass is 383 g/mol. The maximum Gasteiger partial charge on any atom is 0.261 e. The van der Waals surface area contributed by atoms with Crippen molar-refractivity contribution in [2.24, 2.45) is 0 Å². The standard InChI is InChI=1S/C21H18ClNO2S/c1-15(2)20-13-10-18(14-21(20)22)23-26(24,25)19-11-8-17(9-12-19)16-6-4-3-5-7-16/h3-14,23H,1H2,2H3. The largest absolute Gasteiger partial charge is 0.280 e. The van der Waals surface area contributed by atoms with Crippen LogP contribution in [0.3, 0.4) is 0 Å². The van der Waals surface area contributed by atoms with Crippen molar-refractivity contribution in [2.45, 2.75) is 11.8 Å². The van der Waals surface area contributed by atoms with Crippen molar-refractivity contribution >= 4 is 32.9 Å². The minimum Gasteiger partial charge on any atom is -0.280 e. The molecule has 0 aliphatic heterocycles. The molecular formula is C21H18ClNO2S. The smallest absolute Gasteiger partial charge is 0.261 e. The van der Waals surface area contributed by atoms with Crippen molar-refractivity contribution in [1.29, 1.82) is 0 Å². The molecule has 3 rings (SSSR count). The Labute approximate surface area is 159 Å². The van der Waals surface area contributed by atoms with Gasteiger partial charge in [-0.2, -0.15) is 0 Å². The first kappa shape index (κ1) is 18.2. The number of hydrogen-bond donors (Lipinski definition) is 1. The highest BCUT2D eigenvalue weighted by Gasteiger charge is 2.15. The van der Waals surface area contributed by atoms with Gasteiger partial charge in [0, 0.05) is 0 Å². The van der Waals surface area contributed by atoms with E-state index in [1.54, 1.807) is 42.5 Å². The molecule has 1 N–H and O–H groups in total. The summed E-state index contributed by atoms with van der Waals surface area (Å²) in [5.41, 5.74) is 4.01. The lowest BCUT2D eigenvalue weighted by Crippen LogP contribution is -2.12. The van der Waals surface area contributed by atoms with Crippen LogP contribution in [0.4, 0.5) is 5.69 Å². The number of benzene rings is 3. The second-order valence-electron chi connectivity index (χ2n) is 5.97. The zero-order chi connectivity index (χ0) is 18.7. The average Bonchev–Trinajstić information content (AvgIpc) is 2.62. The number of sulfonamides is 1. The van der Waals surface area contributed by atoms with E-state index in [0.29, 0.717) is 10.7 Å². The Morgan fingerprint density at radius 3 is 2.12 bits per heavy atom. The van der Waals surface area contributed by atoms with Gasteiger partial charge in [-0.05, 0) is 53.5 Å². The number of anilines is 1. The minimum absolute atomic E-state index is 0.192. The van der Waals surface area contributed by atoms with Gasteiger partial charge in [0.15, 0.2) is 0 Å². The molecule has 0 fully saturated rings. The van der Waals surface area contributed by atoms with Crippen molar-refractivity contribution in [3.05, 3.63) is 90.0 Å². The van der Waals surface area contributed by atoms with Gasteiger partial charge in [-0.1, -0.05) is 66.7 Å². The summed E-state index contributed by atoms with van der Waals surface area (Å²) in [6.07, 6.45) is 0. The van der Waals surface area contributed by atoms with E-state index in [2.05, 4.69) is 11.3 Å². The highest BCUT2D eigenvalue weighted by molar-refractivity contribution is 7.92. The van der Waals surface area contributed by atoms with Crippen molar-refractivity contribution in [2.75, 3.05) is 4.72 Å². The van der Waals surface area contributed by atoms with E-state index in [-0.39, 0.29) is 4.90 Å². The molecule has 0 saturated heterocycles. The third kappa shape index (κ3) is 3.98. The molecule has 0 saturated carbocycles. The molecule has 0 atom stereocenters. The number of halogens is 1. The molecule has 0 aromatic heterocycles. The van der Waals surface area contributed by atoms with Gasteiger partial charge >= 0.3 is 0 Å². The van der Waals surface area contributed by atoms with E-state index >= 15 is 0 Å². The highest BCUT2D eigenvalue weighted by Crippen LogP contribution is 2.28. The maximum absolute atomic E-state index is 12.6. The predicted molar refractivity (Wildman–Crippen MR) is 109 cm³/mol. The first-order valence-corrected chi connectivity index (χ1v) is 9.87. The Balaban J connectivity index is 1.84. The van der Waals surface area contributed by atoms with Crippen LogP contribution in [0.15, 0.2) is 84.3 Å². The predicted octanol–water partition coefficient (Wildman–Crippen LogP) is 5.84. The van der Waals surface area contributed by atoms with Gasteiger partial charge in [-0.25, -0.2) is 8.42 Å². The Bertz CT molecular complexity index is 1040. The Morgan fingerprint density at radius 1 is 0.923 bits per heavy atom. The fourth-order valence-electron chi connectivity index (χ4n) is 2.60. The molecule has 0 unspecified atom stereocenters. The van der Waals surface area contributed by atoms with E-state index in [1.807, 2.05) is 37.3 Å². The molecule has 3 nitrogen and oxygen atoms in total. The minimum atomic E-state index is -3.69. The lowest BCUT2D eigenvalue weighted by molar-refractivity contribution is 0.601. The van der Waals surface area contributed by atoms with Crippen LogP contribution in [0.5, 0.6) is 0 Å². The molecule has 0 aliphatic rings. The van der Waals surface area contributed by atoms with Gasteiger partial charge < -0.3 is 0 Å². The van der Waals surface area contributed by atoms with Crippen LogP contribution in [0.1, 0.15) is 12.5 Å². The average molecular weight is 384 g/mol. The van der Waals surface area contributed by atoms with E-state index in [9.17, 15) is 8.42 Å². The van der Waals surface area contributed by atoms with Crippen LogP contribution in [0.25, 0.3) is 16.7 Å². The first-order chi connectivity index (χ1) is 12.4. The quantitative estimate of drug-likeness (QED) is 0.601. The topological polar surface area (TPSA) is 46.2 Å². The third-order valence-electron chi connectivity index (χ3n) is 3.95. The fraction of sp³-hybridized carbons (Fsp3) is 0.0476. The van der Waals surface area contributed by atoms with Gasteiger partial charge in [0.25, 0.3) is 10.0 Å². The summed E-state index contributed by atoms with van der Waals surface area (Å²) in [5.74, 6) is 0.